The van der Waals surface area contributed by atoms with Gasteiger partial charge in [0.05, 0.1) is 0 Å². The van der Waals surface area contributed by atoms with Crippen LogP contribution in [0.2, 0.25) is 0 Å². The van der Waals surface area contributed by atoms with Gasteiger partial charge in [0.1, 0.15) is 6.10 Å². The lowest BCUT2D eigenvalue weighted by Crippen LogP contribution is -2.13. The number of hydrogen-bond acceptors (Lipinski definition) is 2. The molecule has 0 fully saturated rings. The van der Waals surface area contributed by atoms with Crippen molar-refractivity contribution in [3.63, 3.8) is 0 Å². The average Bonchev–Trinajstić information content (AvgIpc) is 1.87. The number of carbonyl (C=O) groups excluding carboxylic acids is 1. The third kappa shape index (κ3) is 3.70. The van der Waals surface area contributed by atoms with Crippen molar-refractivity contribution in [3.8, 4) is 0 Å². The second kappa shape index (κ2) is 4.06. The zero-order valence-electron chi connectivity index (χ0n) is 5.26. The molecule has 1 atom stereocenters. The summed E-state index contributed by atoms with van der Waals surface area (Å²) in [6.07, 6.45) is 1.03. The molecule has 3 heteroatoms. The van der Waals surface area contributed by atoms with Gasteiger partial charge in [0, 0.05) is 0 Å². The first-order chi connectivity index (χ1) is 4.20. The molecule has 0 aliphatic carbocycles. The number of ether oxygens (including phenoxy) is 1. The zero-order valence-corrected chi connectivity index (χ0v) is 5.26. The normalized spacial score (nSPS) is 12.2. The van der Waals surface area contributed by atoms with E-state index in [4.69, 9.17) is 0 Å². The first-order valence-electron chi connectivity index (χ1n) is 2.58. The molecule has 0 aromatic heterocycles. The van der Waals surface area contributed by atoms with Crippen molar-refractivity contribution >= 4 is 5.97 Å². The molecule has 0 saturated heterocycles. The van der Waals surface area contributed by atoms with E-state index in [1.165, 1.54) is 6.08 Å². The van der Waals surface area contributed by atoms with Crippen LogP contribution in [0.3, 0.4) is 0 Å². The molecule has 0 rings (SSSR count). The Hall–Kier alpha value is -0.860. The fourth-order valence-corrected chi connectivity index (χ4v) is 0.287. The molecule has 0 aliphatic rings. The Labute approximate surface area is 53.3 Å². The standard InChI is InChI=1S/C6H9FO2/c1-3-5(2)9-6(8)4-7/h3,5H,1,4H2,2H3. The van der Waals surface area contributed by atoms with Crippen LogP contribution >= 0.6 is 0 Å². The molecule has 0 heterocycles. The molecule has 0 saturated carbocycles. The van der Waals surface area contributed by atoms with Crippen LogP contribution in [0.4, 0.5) is 4.39 Å². The van der Waals surface area contributed by atoms with Gasteiger partial charge in [-0.25, -0.2) is 9.18 Å². The minimum absolute atomic E-state index is 0.395. The van der Waals surface area contributed by atoms with Gasteiger partial charge in [0.2, 0.25) is 0 Å². The highest BCUT2D eigenvalue weighted by atomic mass is 19.1. The van der Waals surface area contributed by atoms with Crippen LogP contribution in [-0.4, -0.2) is 18.7 Å². The molecule has 0 radical (unpaired) electrons. The fraction of sp³-hybridized carbons (Fsp3) is 0.500. The molecule has 0 aromatic carbocycles. The predicted octanol–water partition coefficient (Wildman–Crippen LogP) is 1.07. The third-order valence-corrected chi connectivity index (χ3v) is 0.758. The number of esters is 1. The summed E-state index contributed by atoms with van der Waals surface area (Å²) in [5, 5.41) is 0. The summed E-state index contributed by atoms with van der Waals surface area (Å²) in [7, 11) is 0. The average molecular weight is 132 g/mol. The molecule has 0 aromatic rings. The summed E-state index contributed by atoms with van der Waals surface area (Å²) in [5.41, 5.74) is 0. The van der Waals surface area contributed by atoms with Crippen LogP contribution in [0.5, 0.6) is 0 Å². The lowest BCUT2D eigenvalue weighted by molar-refractivity contribution is -0.147. The Morgan fingerprint density at radius 2 is 2.56 bits per heavy atom. The first kappa shape index (κ1) is 8.14. The van der Waals surface area contributed by atoms with E-state index in [9.17, 15) is 9.18 Å². The molecule has 0 spiro atoms. The summed E-state index contributed by atoms with van der Waals surface area (Å²) in [4.78, 5) is 10.1. The molecular formula is C6H9FO2. The molecule has 9 heavy (non-hydrogen) atoms. The van der Waals surface area contributed by atoms with Crippen molar-refractivity contribution in [1.82, 2.24) is 0 Å². The minimum Gasteiger partial charge on any atom is -0.457 e. The number of alkyl halides is 1. The quantitative estimate of drug-likeness (QED) is 0.424. The lowest BCUT2D eigenvalue weighted by Gasteiger charge is -2.04. The predicted molar refractivity (Wildman–Crippen MR) is 31.7 cm³/mol. The lowest BCUT2D eigenvalue weighted by atomic mass is 10.4. The molecule has 52 valence electrons. The number of halogens is 1. The zero-order chi connectivity index (χ0) is 7.28. The minimum atomic E-state index is -1.07. The molecule has 0 aliphatic heterocycles. The smallest absolute Gasteiger partial charge is 0.338 e. The SMILES string of the molecule is C=CC(C)OC(=O)CF. The summed E-state index contributed by atoms with van der Waals surface area (Å²) < 4.78 is 15.8. The Morgan fingerprint density at radius 1 is 2.00 bits per heavy atom. The second-order valence-corrected chi connectivity index (χ2v) is 1.56. The first-order valence-corrected chi connectivity index (χ1v) is 2.58. The Morgan fingerprint density at radius 3 is 2.89 bits per heavy atom. The van der Waals surface area contributed by atoms with E-state index in [2.05, 4.69) is 11.3 Å². The highest BCUT2D eigenvalue weighted by molar-refractivity contribution is 5.70. The maximum atomic E-state index is 11.4. The van der Waals surface area contributed by atoms with Crippen molar-refractivity contribution in [2.45, 2.75) is 13.0 Å². The van der Waals surface area contributed by atoms with Crippen molar-refractivity contribution in [2.24, 2.45) is 0 Å². The summed E-state index contributed by atoms with van der Waals surface area (Å²) >= 11 is 0. The number of hydrogen-bond donors (Lipinski definition) is 0. The van der Waals surface area contributed by atoms with Crippen LogP contribution in [-0.2, 0) is 9.53 Å². The van der Waals surface area contributed by atoms with Gasteiger partial charge in [-0.1, -0.05) is 12.7 Å². The molecule has 0 amide bonds. The van der Waals surface area contributed by atoms with Gasteiger partial charge in [-0.05, 0) is 6.92 Å². The van der Waals surface area contributed by atoms with E-state index in [1.54, 1.807) is 6.92 Å². The Balaban J connectivity index is 3.46. The Bertz CT molecular complexity index is 112. The summed E-state index contributed by atoms with van der Waals surface area (Å²) in [6, 6.07) is 0. The number of carbonyl (C=O) groups is 1. The fourth-order valence-electron chi connectivity index (χ4n) is 0.287. The van der Waals surface area contributed by atoms with E-state index in [0.29, 0.717) is 0 Å². The maximum absolute atomic E-state index is 11.4. The van der Waals surface area contributed by atoms with Gasteiger partial charge in [-0.2, -0.15) is 0 Å². The van der Waals surface area contributed by atoms with E-state index in [-0.39, 0.29) is 0 Å². The van der Waals surface area contributed by atoms with Crippen molar-refractivity contribution in [1.29, 1.82) is 0 Å². The van der Waals surface area contributed by atoms with Crippen LogP contribution in [0, 0.1) is 0 Å². The van der Waals surface area contributed by atoms with Crippen molar-refractivity contribution < 1.29 is 13.9 Å². The molecule has 0 N–H and O–H groups in total. The monoisotopic (exact) mass is 132 g/mol. The molecule has 2 nitrogen and oxygen atoms in total. The van der Waals surface area contributed by atoms with Crippen LogP contribution < -0.4 is 0 Å². The second-order valence-electron chi connectivity index (χ2n) is 1.56. The molecule has 0 bridgehead atoms. The Kier molecular flexibility index (Phi) is 3.67. The summed E-state index contributed by atoms with van der Waals surface area (Å²) in [5.74, 6) is -0.845. The van der Waals surface area contributed by atoms with Crippen molar-refractivity contribution in [2.75, 3.05) is 6.67 Å². The van der Waals surface area contributed by atoms with E-state index < -0.39 is 18.7 Å². The van der Waals surface area contributed by atoms with Crippen molar-refractivity contribution in [3.05, 3.63) is 12.7 Å². The summed E-state index contributed by atoms with van der Waals surface area (Å²) in [6.45, 7) is 3.89. The maximum Gasteiger partial charge on any atom is 0.338 e. The molecule has 1 unspecified atom stereocenters. The molecular weight excluding hydrogens is 123 g/mol. The van der Waals surface area contributed by atoms with Gasteiger partial charge in [0.15, 0.2) is 6.67 Å². The van der Waals surface area contributed by atoms with Crippen LogP contribution in [0.15, 0.2) is 12.7 Å². The van der Waals surface area contributed by atoms with Gasteiger partial charge >= 0.3 is 5.97 Å². The highest BCUT2D eigenvalue weighted by Gasteiger charge is 2.03. The van der Waals surface area contributed by atoms with Crippen LogP contribution in [0.25, 0.3) is 0 Å². The number of rotatable bonds is 3. The van der Waals surface area contributed by atoms with E-state index in [0.717, 1.165) is 0 Å². The highest BCUT2D eigenvalue weighted by Crippen LogP contribution is 1.91. The van der Waals surface area contributed by atoms with Gasteiger partial charge in [-0.15, -0.1) is 0 Å². The van der Waals surface area contributed by atoms with E-state index >= 15 is 0 Å². The topological polar surface area (TPSA) is 26.3 Å². The van der Waals surface area contributed by atoms with Gasteiger partial charge in [0.25, 0.3) is 0 Å². The van der Waals surface area contributed by atoms with Gasteiger partial charge < -0.3 is 4.74 Å². The third-order valence-electron chi connectivity index (χ3n) is 0.758. The van der Waals surface area contributed by atoms with Gasteiger partial charge in [-0.3, -0.25) is 0 Å². The van der Waals surface area contributed by atoms with E-state index in [1.807, 2.05) is 0 Å². The largest absolute Gasteiger partial charge is 0.457 e. The van der Waals surface area contributed by atoms with Crippen LogP contribution in [0.1, 0.15) is 6.92 Å².